The Morgan fingerprint density at radius 2 is 0.987 bits per heavy atom. The van der Waals surface area contributed by atoms with Gasteiger partial charge in [-0.15, -0.1) is 0 Å². The van der Waals surface area contributed by atoms with Crippen molar-refractivity contribution in [3.63, 3.8) is 0 Å². The van der Waals surface area contributed by atoms with Crippen LogP contribution in [0.25, 0.3) is 65.4 Å². The van der Waals surface area contributed by atoms with Crippen LogP contribution in [0.4, 0.5) is 4.39 Å². The number of benzene rings is 6. The summed E-state index contributed by atoms with van der Waals surface area (Å²) in [5, 5.41) is 61.4. The van der Waals surface area contributed by atoms with Crippen LogP contribution in [0.15, 0.2) is 194 Å². The quantitative estimate of drug-likeness (QED) is 0.149. The molecule has 0 atom stereocenters. The summed E-state index contributed by atoms with van der Waals surface area (Å²) in [6.45, 7) is 5.89. The Labute approximate surface area is 452 Å². The van der Waals surface area contributed by atoms with Gasteiger partial charge in [-0.25, -0.2) is 12.8 Å². The van der Waals surface area contributed by atoms with Gasteiger partial charge >= 0.3 is 0 Å². The molecule has 0 fully saturated rings. The molecule has 18 heteroatoms. The molecule has 0 saturated carbocycles. The van der Waals surface area contributed by atoms with Crippen LogP contribution in [0.1, 0.15) is 40.4 Å². The van der Waals surface area contributed by atoms with Gasteiger partial charge in [-0.2, -0.15) is 0 Å². The summed E-state index contributed by atoms with van der Waals surface area (Å²) in [5.41, 5.74) is 5.40. The fraction of sp³-hybridized carbons (Fsp3) is 0.0833. The summed E-state index contributed by atoms with van der Waals surface area (Å²) < 4.78 is 45.5. The Morgan fingerprint density at radius 1 is 0.513 bits per heavy atom. The monoisotopic (exact) mass is 1080 g/mol. The van der Waals surface area contributed by atoms with Crippen molar-refractivity contribution in [1.82, 2.24) is 29.9 Å². The predicted octanol–water partition coefficient (Wildman–Crippen LogP) is 9.33. The van der Waals surface area contributed by atoms with E-state index in [4.69, 9.17) is 11.6 Å². The van der Waals surface area contributed by atoms with Crippen molar-refractivity contribution in [2.45, 2.75) is 38.5 Å². The molecule has 0 aliphatic heterocycles. The predicted molar refractivity (Wildman–Crippen MR) is 289 cm³/mol. The minimum atomic E-state index is -4.44. The molecular formula is C60H44ClFN6O9S-6. The minimum Gasteiger partial charge on any atom is -0.871 e. The average Bonchev–Trinajstić information content (AvgIpc) is 3.48. The van der Waals surface area contributed by atoms with Gasteiger partial charge in [-0.1, -0.05) is 144 Å². The topological polar surface area (TPSA) is 267 Å². The lowest BCUT2D eigenvalue weighted by molar-refractivity contribution is -0.267. The van der Waals surface area contributed by atoms with Gasteiger partial charge < -0.3 is 34.9 Å². The summed E-state index contributed by atoms with van der Waals surface area (Å²) in [6.07, 6.45) is 11.2. The van der Waals surface area contributed by atoms with Crippen molar-refractivity contribution in [3.05, 3.63) is 222 Å². The zero-order chi connectivity index (χ0) is 55.9. The van der Waals surface area contributed by atoms with E-state index in [0.717, 1.165) is 51.8 Å². The molecule has 0 aliphatic carbocycles. The second-order valence-electron chi connectivity index (χ2n) is 17.0. The normalized spacial score (nSPS) is 10.7. The SMILES string of the molecule is CCCc1ccc2cccnc2c1[O-].Cc1cc(C)c2cccnc2c1[O-].O=C([O-])c1cccc2cccnc12.O=S(=O)([O-])c1cccc2cccnc12.[O-]c1ccc(Cl)c2cccnc12.[O-]c1ccc(F)c2cccnc12. The first-order valence-corrected chi connectivity index (χ1v) is 25.6. The van der Waals surface area contributed by atoms with Crippen molar-refractivity contribution >= 4 is 93.1 Å². The smallest absolute Gasteiger partial charge is 0.132 e. The molecule has 6 aromatic carbocycles. The van der Waals surface area contributed by atoms with E-state index < -0.39 is 21.9 Å². The number of aromatic nitrogens is 6. The Bertz CT molecular complexity index is 4040. The summed E-state index contributed by atoms with van der Waals surface area (Å²) in [6, 6.07) is 41.8. The van der Waals surface area contributed by atoms with Gasteiger partial charge in [-0.3, -0.25) is 29.9 Å². The van der Waals surface area contributed by atoms with Crippen molar-refractivity contribution < 1.29 is 47.7 Å². The van der Waals surface area contributed by atoms with E-state index in [0.29, 0.717) is 37.9 Å². The van der Waals surface area contributed by atoms with E-state index in [1.165, 1.54) is 42.7 Å². The number of aromatic carboxylic acids is 1. The second-order valence-corrected chi connectivity index (χ2v) is 18.7. The molecule has 0 N–H and O–H groups in total. The van der Waals surface area contributed by atoms with Gasteiger partial charge in [0.05, 0.1) is 44.0 Å². The number of carboxylic acids is 1. The molecule has 0 bridgehead atoms. The molecule has 0 saturated heterocycles. The molecule has 78 heavy (non-hydrogen) atoms. The van der Waals surface area contributed by atoms with Crippen molar-refractivity contribution in [2.24, 2.45) is 0 Å². The maximum atomic E-state index is 13.0. The number of aryl methyl sites for hydroxylation is 3. The van der Waals surface area contributed by atoms with E-state index in [1.54, 1.807) is 85.5 Å². The fourth-order valence-electron chi connectivity index (χ4n) is 7.96. The highest BCUT2D eigenvalue weighted by Crippen LogP contribution is 2.29. The highest BCUT2D eigenvalue weighted by Gasteiger charge is 2.08. The first kappa shape index (κ1) is 56.3. The maximum absolute atomic E-state index is 13.0. The molecule has 6 heterocycles. The number of fused-ring (bicyclic) bond motifs is 6. The summed E-state index contributed by atoms with van der Waals surface area (Å²) in [5.74, 6) is -1.80. The average molecular weight is 1080 g/mol. The minimum absolute atomic E-state index is 0.0428. The van der Waals surface area contributed by atoms with E-state index in [-0.39, 0.29) is 49.9 Å². The Morgan fingerprint density at radius 3 is 1.56 bits per heavy atom. The van der Waals surface area contributed by atoms with Crippen molar-refractivity contribution in [2.75, 3.05) is 0 Å². The Balaban J connectivity index is 0.000000136. The maximum Gasteiger partial charge on any atom is 0.132 e. The second kappa shape index (κ2) is 25.9. The Kier molecular flexibility index (Phi) is 18.7. The number of nitrogens with zero attached hydrogens (tertiary/aromatic N) is 6. The first-order valence-electron chi connectivity index (χ1n) is 23.8. The molecule has 0 radical (unpaired) electrons. The van der Waals surface area contributed by atoms with Gasteiger partial charge in [0.2, 0.25) is 0 Å². The van der Waals surface area contributed by atoms with Crippen LogP contribution in [0.5, 0.6) is 23.0 Å². The van der Waals surface area contributed by atoms with Crippen LogP contribution < -0.4 is 25.5 Å². The summed E-state index contributed by atoms with van der Waals surface area (Å²) in [4.78, 5) is 34.2. The summed E-state index contributed by atoms with van der Waals surface area (Å²) >= 11 is 5.85. The van der Waals surface area contributed by atoms with Gasteiger partial charge in [-0.05, 0) is 97.9 Å². The number of carboxylic acid groups (broad SMARTS) is 1. The first-order chi connectivity index (χ1) is 37.5. The van der Waals surface area contributed by atoms with E-state index >= 15 is 0 Å². The van der Waals surface area contributed by atoms with E-state index in [2.05, 4.69) is 36.8 Å². The van der Waals surface area contributed by atoms with E-state index in [9.17, 15) is 47.7 Å². The zero-order valence-corrected chi connectivity index (χ0v) is 43.4. The number of halogens is 2. The third-order valence-electron chi connectivity index (χ3n) is 11.6. The molecule has 394 valence electrons. The third-order valence-corrected chi connectivity index (χ3v) is 12.8. The molecule has 15 nitrogen and oxygen atoms in total. The molecule has 12 aromatic rings. The molecule has 0 spiro atoms. The van der Waals surface area contributed by atoms with Gasteiger partial charge in [0.25, 0.3) is 0 Å². The summed E-state index contributed by atoms with van der Waals surface area (Å²) in [7, 11) is -4.44. The number of carbonyl (C=O) groups is 1. The van der Waals surface area contributed by atoms with E-state index in [1.807, 2.05) is 68.4 Å². The van der Waals surface area contributed by atoms with Crippen LogP contribution in [0.3, 0.4) is 0 Å². The zero-order valence-electron chi connectivity index (χ0n) is 41.8. The van der Waals surface area contributed by atoms with Crippen molar-refractivity contribution in [1.29, 1.82) is 0 Å². The Hall–Kier alpha value is -9.42. The molecule has 0 amide bonds. The lowest BCUT2D eigenvalue weighted by Gasteiger charge is -2.15. The number of hydrogen-bond acceptors (Lipinski definition) is 15. The number of carbonyl (C=O) groups excluding carboxylic acids is 1. The molecule has 0 unspecified atom stereocenters. The van der Waals surface area contributed by atoms with Gasteiger partial charge in [0, 0.05) is 74.7 Å². The fourth-order valence-corrected chi connectivity index (χ4v) is 8.82. The van der Waals surface area contributed by atoms with Crippen LogP contribution in [0.2, 0.25) is 5.02 Å². The lowest BCUT2D eigenvalue weighted by atomic mass is 10.1. The highest BCUT2D eigenvalue weighted by atomic mass is 35.5. The number of hydrogen-bond donors (Lipinski definition) is 0. The van der Waals surface area contributed by atoms with Crippen LogP contribution >= 0.6 is 11.6 Å². The number of para-hydroxylation sites is 2. The van der Waals surface area contributed by atoms with Gasteiger partial charge in [0.1, 0.15) is 15.9 Å². The largest absolute Gasteiger partial charge is 0.871 e. The van der Waals surface area contributed by atoms with Crippen molar-refractivity contribution in [3.8, 4) is 23.0 Å². The molecular weight excluding hydrogens is 1040 g/mol. The number of pyridine rings is 6. The lowest BCUT2D eigenvalue weighted by Crippen LogP contribution is -2.22. The van der Waals surface area contributed by atoms with Crippen LogP contribution in [0, 0.1) is 19.7 Å². The third kappa shape index (κ3) is 13.7. The number of rotatable bonds is 4. The van der Waals surface area contributed by atoms with Gasteiger partial charge in [0.15, 0.2) is 0 Å². The standard InChI is InChI=1S/C12H13NO.C11H11NO.C10H7NO2.C9H6ClNO.C9H6FNO.C9H7NO3S/c1-2-4-10-7-6-9-5-3-8-13-11(9)12(10)14;1-7-6-8(2)11(13)10-9(7)4-3-5-12-10;12-10(13)8-5-1-3-7-4-2-6-11-9(7)8;2*10-7-3-4-8(12)9-6(7)2-1-5-11-9;11-14(12,13)8-5-1-3-7-4-2-6-10-9(7)8/h3,5-8,14H,2,4H2,1H3;3-6,13H,1-2H3;1-6H,(H,12,13);2*1-5,12H;1-6H,(H,11,12,13)/p-6. The van der Waals surface area contributed by atoms with Crippen LogP contribution in [-0.4, -0.2) is 48.8 Å². The molecule has 6 aromatic heterocycles. The molecule has 12 rings (SSSR count). The highest BCUT2D eigenvalue weighted by molar-refractivity contribution is 7.86. The molecule has 0 aliphatic rings. The van der Waals surface area contributed by atoms with Crippen LogP contribution in [-0.2, 0) is 16.5 Å².